The first-order valence-electron chi connectivity index (χ1n) is 7.26. The zero-order valence-corrected chi connectivity index (χ0v) is 11.6. The van der Waals surface area contributed by atoms with E-state index >= 15 is 0 Å². The maximum absolute atomic E-state index is 5.88. The summed E-state index contributed by atoms with van der Waals surface area (Å²) in [6, 6.07) is 8.21. The van der Waals surface area contributed by atoms with Crippen molar-refractivity contribution in [3.8, 4) is 0 Å². The number of nitrogens with one attached hydrogen (secondary N) is 1. The van der Waals surface area contributed by atoms with E-state index in [9.17, 15) is 0 Å². The minimum absolute atomic E-state index is 0.827. The molecule has 0 aliphatic heterocycles. The molecule has 1 nitrogen and oxygen atoms in total. The normalized spacial score (nSPS) is 29.9. The summed E-state index contributed by atoms with van der Waals surface area (Å²) in [6.45, 7) is 2.32. The third-order valence-corrected chi connectivity index (χ3v) is 5.05. The van der Waals surface area contributed by atoms with Crippen LogP contribution in [0, 0.1) is 17.8 Å². The Balaban J connectivity index is 1.36. The molecule has 0 spiro atoms. The Morgan fingerprint density at radius 2 is 1.94 bits per heavy atom. The predicted octanol–water partition coefficient (Wildman–Crippen LogP) is 3.91. The van der Waals surface area contributed by atoms with Crippen LogP contribution in [0.3, 0.4) is 0 Å². The number of benzene rings is 1. The van der Waals surface area contributed by atoms with Crippen LogP contribution in [-0.4, -0.2) is 13.1 Å². The Kier molecular flexibility index (Phi) is 3.91. The highest BCUT2D eigenvalue weighted by molar-refractivity contribution is 6.30. The van der Waals surface area contributed by atoms with E-state index in [1.54, 1.807) is 0 Å². The summed E-state index contributed by atoms with van der Waals surface area (Å²) >= 11 is 5.88. The second-order valence-electron chi connectivity index (χ2n) is 6.02. The summed E-state index contributed by atoms with van der Waals surface area (Å²) < 4.78 is 0. The van der Waals surface area contributed by atoms with E-state index in [1.807, 2.05) is 12.1 Å². The van der Waals surface area contributed by atoms with Crippen LogP contribution in [0.2, 0.25) is 5.02 Å². The number of fused-ring (bicyclic) bond motifs is 2. The van der Waals surface area contributed by atoms with Crippen molar-refractivity contribution in [1.29, 1.82) is 0 Å². The van der Waals surface area contributed by atoms with Gasteiger partial charge >= 0.3 is 0 Å². The fraction of sp³-hybridized carbons (Fsp3) is 0.625. The first-order chi connectivity index (χ1) is 8.81. The van der Waals surface area contributed by atoms with Gasteiger partial charge in [0.15, 0.2) is 0 Å². The Labute approximate surface area is 115 Å². The van der Waals surface area contributed by atoms with Gasteiger partial charge in [0, 0.05) is 5.02 Å². The molecule has 2 aliphatic rings. The van der Waals surface area contributed by atoms with Crippen molar-refractivity contribution in [3.63, 3.8) is 0 Å². The molecule has 18 heavy (non-hydrogen) atoms. The molecule has 2 aliphatic carbocycles. The van der Waals surface area contributed by atoms with Gasteiger partial charge in [0.05, 0.1) is 0 Å². The highest BCUT2D eigenvalue weighted by atomic mass is 35.5. The van der Waals surface area contributed by atoms with E-state index in [0.29, 0.717) is 0 Å². The quantitative estimate of drug-likeness (QED) is 0.795. The Bertz CT molecular complexity index is 387. The maximum Gasteiger partial charge on any atom is 0.0406 e. The van der Waals surface area contributed by atoms with E-state index < -0.39 is 0 Å². The lowest BCUT2D eigenvalue weighted by Crippen LogP contribution is -2.28. The van der Waals surface area contributed by atoms with Gasteiger partial charge in [-0.15, -0.1) is 0 Å². The van der Waals surface area contributed by atoms with Gasteiger partial charge < -0.3 is 5.32 Å². The number of rotatable bonds is 5. The molecule has 98 valence electrons. The van der Waals surface area contributed by atoms with Crippen molar-refractivity contribution < 1.29 is 0 Å². The lowest BCUT2D eigenvalue weighted by atomic mass is 9.89. The third-order valence-electron chi connectivity index (χ3n) is 4.79. The lowest BCUT2D eigenvalue weighted by Gasteiger charge is -2.21. The Morgan fingerprint density at radius 3 is 2.61 bits per heavy atom. The number of hydrogen-bond donors (Lipinski definition) is 1. The predicted molar refractivity (Wildman–Crippen MR) is 77.0 cm³/mol. The molecular weight excluding hydrogens is 242 g/mol. The molecule has 3 atom stereocenters. The molecule has 2 fully saturated rings. The summed E-state index contributed by atoms with van der Waals surface area (Å²) in [5.74, 6) is 3.07. The van der Waals surface area contributed by atoms with E-state index in [4.69, 9.17) is 11.6 Å². The molecule has 1 aromatic carbocycles. The largest absolute Gasteiger partial charge is 0.316 e. The van der Waals surface area contributed by atoms with Crippen LogP contribution >= 0.6 is 11.6 Å². The van der Waals surface area contributed by atoms with Crippen molar-refractivity contribution in [1.82, 2.24) is 5.32 Å². The van der Waals surface area contributed by atoms with Crippen molar-refractivity contribution in [2.24, 2.45) is 17.8 Å². The molecular formula is C16H22ClN. The zero-order valence-electron chi connectivity index (χ0n) is 10.9. The van der Waals surface area contributed by atoms with Gasteiger partial charge in [-0.2, -0.15) is 0 Å². The maximum atomic E-state index is 5.88. The van der Waals surface area contributed by atoms with Crippen LogP contribution in [0.5, 0.6) is 0 Å². The second kappa shape index (κ2) is 5.63. The topological polar surface area (TPSA) is 12.0 Å². The van der Waals surface area contributed by atoms with Crippen molar-refractivity contribution >= 4 is 11.6 Å². The molecule has 2 heteroatoms. The fourth-order valence-corrected chi connectivity index (χ4v) is 3.92. The molecule has 2 bridgehead atoms. The standard InChI is InChI=1S/C16H22ClN/c17-16-5-2-12(3-6-16)7-8-18-11-15-10-13-1-4-14(15)9-13/h2-3,5-6,13-15,18H,1,4,7-11H2. The van der Waals surface area contributed by atoms with Gasteiger partial charge in [0.25, 0.3) is 0 Å². The molecule has 1 N–H and O–H groups in total. The molecule has 3 rings (SSSR count). The Morgan fingerprint density at radius 1 is 1.11 bits per heavy atom. The monoisotopic (exact) mass is 263 g/mol. The average molecular weight is 264 g/mol. The van der Waals surface area contributed by atoms with Crippen molar-refractivity contribution in [2.75, 3.05) is 13.1 Å². The minimum atomic E-state index is 0.827. The summed E-state index contributed by atoms with van der Waals surface area (Å²) in [5, 5.41) is 4.47. The molecule has 2 saturated carbocycles. The van der Waals surface area contributed by atoms with Crippen LogP contribution in [0.1, 0.15) is 31.2 Å². The smallest absolute Gasteiger partial charge is 0.0406 e. The van der Waals surface area contributed by atoms with Gasteiger partial charge in [-0.25, -0.2) is 0 Å². The van der Waals surface area contributed by atoms with E-state index in [0.717, 1.165) is 35.7 Å². The molecule has 0 heterocycles. The van der Waals surface area contributed by atoms with Crippen LogP contribution in [0.25, 0.3) is 0 Å². The van der Waals surface area contributed by atoms with Gasteiger partial charge in [-0.1, -0.05) is 30.2 Å². The first kappa shape index (κ1) is 12.5. The fourth-order valence-electron chi connectivity index (χ4n) is 3.80. The second-order valence-corrected chi connectivity index (χ2v) is 6.45. The van der Waals surface area contributed by atoms with Crippen molar-refractivity contribution in [2.45, 2.75) is 32.1 Å². The Hall–Kier alpha value is -0.530. The van der Waals surface area contributed by atoms with Crippen LogP contribution in [-0.2, 0) is 6.42 Å². The SMILES string of the molecule is Clc1ccc(CCNCC2CC3CCC2C3)cc1. The molecule has 1 aromatic rings. The zero-order chi connectivity index (χ0) is 12.4. The van der Waals surface area contributed by atoms with Crippen molar-refractivity contribution in [3.05, 3.63) is 34.9 Å². The van der Waals surface area contributed by atoms with Gasteiger partial charge in [0.2, 0.25) is 0 Å². The average Bonchev–Trinajstić information content (AvgIpc) is 2.99. The van der Waals surface area contributed by atoms with Crippen LogP contribution < -0.4 is 5.32 Å². The highest BCUT2D eigenvalue weighted by Gasteiger charge is 2.38. The van der Waals surface area contributed by atoms with Crippen LogP contribution in [0.4, 0.5) is 0 Å². The summed E-state index contributed by atoms with van der Waals surface area (Å²) in [6.07, 6.45) is 7.11. The van der Waals surface area contributed by atoms with Crippen LogP contribution in [0.15, 0.2) is 24.3 Å². The van der Waals surface area contributed by atoms with E-state index in [2.05, 4.69) is 17.4 Å². The molecule has 0 aromatic heterocycles. The minimum Gasteiger partial charge on any atom is -0.316 e. The molecule has 0 saturated heterocycles. The third kappa shape index (κ3) is 2.89. The molecule has 0 amide bonds. The lowest BCUT2D eigenvalue weighted by molar-refractivity contribution is 0.320. The first-order valence-corrected chi connectivity index (χ1v) is 7.64. The van der Waals surface area contributed by atoms with Gasteiger partial charge in [-0.05, 0) is 74.2 Å². The van der Waals surface area contributed by atoms with E-state index in [-0.39, 0.29) is 0 Å². The van der Waals surface area contributed by atoms with Gasteiger partial charge in [-0.3, -0.25) is 0 Å². The highest BCUT2D eigenvalue weighted by Crippen LogP contribution is 2.47. The summed E-state index contributed by atoms with van der Waals surface area (Å²) in [5.41, 5.74) is 1.37. The summed E-state index contributed by atoms with van der Waals surface area (Å²) in [7, 11) is 0. The molecule has 0 radical (unpaired) electrons. The van der Waals surface area contributed by atoms with Gasteiger partial charge in [0.1, 0.15) is 0 Å². The number of halogens is 1. The number of hydrogen-bond acceptors (Lipinski definition) is 1. The summed E-state index contributed by atoms with van der Waals surface area (Å²) in [4.78, 5) is 0. The van der Waals surface area contributed by atoms with E-state index in [1.165, 1.54) is 37.8 Å². The molecule has 3 unspecified atom stereocenters.